The van der Waals surface area contributed by atoms with Gasteiger partial charge in [0.2, 0.25) is 0 Å². The number of aliphatic hydroxyl groups is 1. The van der Waals surface area contributed by atoms with Crippen LogP contribution in [0.4, 0.5) is 0 Å². The van der Waals surface area contributed by atoms with Gasteiger partial charge in [-0.05, 0) is 32.0 Å². The zero-order chi connectivity index (χ0) is 13.8. The van der Waals surface area contributed by atoms with Crippen LogP contribution in [0.1, 0.15) is 30.1 Å². The molecule has 1 aromatic carbocycles. The van der Waals surface area contributed by atoms with Crippen molar-refractivity contribution in [3.8, 4) is 5.75 Å². The molecule has 0 saturated heterocycles. The van der Waals surface area contributed by atoms with E-state index in [1.54, 1.807) is 0 Å². The summed E-state index contributed by atoms with van der Waals surface area (Å²) in [5, 5.41) is 9.31. The lowest BCUT2D eigenvalue weighted by molar-refractivity contribution is 0.146. The third-order valence-electron chi connectivity index (χ3n) is 2.92. The van der Waals surface area contributed by atoms with Gasteiger partial charge in [-0.25, -0.2) is 0 Å². The average molecular weight is 261 g/mol. The van der Waals surface area contributed by atoms with Crippen LogP contribution in [0.15, 0.2) is 40.8 Å². The first-order valence-electron chi connectivity index (χ1n) is 6.29. The van der Waals surface area contributed by atoms with Crippen molar-refractivity contribution in [2.45, 2.75) is 32.6 Å². The molecule has 3 N–H and O–H groups in total. The number of furan rings is 1. The van der Waals surface area contributed by atoms with Gasteiger partial charge in [0.25, 0.3) is 0 Å². The summed E-state index contributed by atoms with van der Waals surface area (Å²) in [6.07, 6.45) is -0.374. The molecule has 2 unspecified atom stereocenters. The van der Waals surface area contributed by atoms with Crippen LogP contribution in [0.3, 0.4) is 0 Å². The van der Waals surface area contributed by atoms with E-state index < -0.39 is 0 Å². The molecule has 102 valence electrons. The fourth-order valence-electron chi connectivity index (χ4n) is 1.92. The van der Waals surface area contributed by atoms with Crippen molar-refractivity contribution < 1.29 is 14.3 Å². The van der Waals surface area contributed by atoms with Gasteiger partial charge < -0.3 is 20.0 Å². The van der Waals surface area contributed by atoms with E-state index in [2.05, 4.69) is 0 Å². The zero-order valence-corrected chi connectivity index (χ0v) is 11.2. The Morgan fingerprint density at radius 2 is 2.00 bits per heavy atom. The molecule has 0 fully saturated rings. The molecular formula is C15H19NO3. The fourth-order valence-corrected chi connectivity index (χ4v) is 1.92. The molecule has 0 spiro atoms. The molecule has 0 aliphatic carbocycles. The number of hydrogen-bond acceptors (Lipinski definition) is 4. The summed E-state index contributed by atoms with van der Waals surface area (Å²) < 4.78 is 11.5. The molecule has 19 heavy (non-hydrogen) atoms. The lowest BCUT2D eigenvalue weighted by atomic mass is 10.1. The van der Waals surface area contributed by atoms with E-state index in [1.807, 2.05) is 50.2 Å². The first kappa shape index (κ1) is 13.6. The molecule has 0 bridgehead atoms. The van der Waals surface area contributed by atoms with Crippen molar-refractivity contribution in [1.82, 2.24) is 0 Å². The van der Waals surface area contributed by atoms with Crippen LogP contribution < -0.4 is 10.5 Å². The highest BCUT2D eigenvalue weighted by Crippen LogP contribution is 2.28. The maximum absolute atomic E-state index is 9.31. The van der Waals surface area contributed by atoms with E-state index in [1.165, 1.54) is 0 Å². The summed E-state index contributed by atoms with van der Waals surface area (Å²) in [5.41, 5.74) is 6.70. The van der Waals surface area contributed by atoms with Crippen LogP contribution in [-0.2, 0) is 6.61 Å². The normalized spacial score (nSPS) is 14.1. The summed E-state index contributed by atoms with van der Waals surface area (Å²) in [4.78, 5) is 0. The van der Waals surface area contributed by atoms with Crippen LogP contribution in [0.2, 0.25) is 0 Å². The SMILES string of the molecule is Cc1ccc(C(Oc2ccccc2CO)C(C)N)o1. The summed E-state index contributed by atoms with van der Waals surface area (Å²) in [5.74, 6) is 2.14. The number of aliphatic hydroxyl groups excluding tert-OH is 1. The van der Waals surface area contributed by atoms with E-state index in [-0.39, 0.29) is 18.8 Å². The smallest absolute Gasteiger partial charge is 0.171 e. The topological polar surface area (TPSA) is 68.6 Å². The van der Waals surface area contributed by atoms with Crippen molar-refractivity contribution >= 4 is 0 Å². The average Bonchev–Trinajstić information content (AvgIpc) is 2.82. The molecule has 4 heteroatoms. The second-order valence-electron chi connectivity index (χ2n) is 4.61. The van der Waals surface area contributed by atoms with Crippen LogP contribution in [-0.4, -0.2) is 11.1 Å². The van der Waals surface area contributed by atoms with Crippen molar-refractivity contribution in [1.29, 1.82) is 0 Å². The minimum absolute atomic E-state index is 0.0704. The fraction of sp³-hybridized carbons (Fsp3) is 0.333. The number of ether oxygens (including phenoxy) is 1. The van der Waals surface area contributed by atoms with Crippen molar-refractivity contribution in [2.75, 3.05) is 0 Å². The molecule has 0 amide bonds. The van der Waals surface area contributed by atoms with Gasteiger partial charge in [-0.15, -0.1) is 0 Å². The molecule has 0 radical (unpaired) electrons. The van der Waals surface area contributed by atoms with Gasteiger partial charge in [0, 0.05) is 11.6 Å². The molecule has 0 aliphatic rings. The van der Waals surface area contributed by atoms with E-state index in [0.29, 0.717) is 11.5 Å². The zero-order valence-electron chi connectivity index (χ0n) is 11.2. The summed E-state index contributed by atoms with van der Waals surface area (Å²) >= 11 is 0. The largest absolute Gasteiger partial charge is 0.480 e. The molecule has 2 atom stereocenters. The maximum atomic E-state index is 9.31. The number of para-hydroxylation sites is 1. The van der Waals surface area contributed by atoms with Gasteiger partial charge >= 0.3 is 0 Å². The molecule has 0 aliphatic heterocycles. The minimum atomic E-state index is -0.374. The highest BCUT2D eigenvalue weighted by Gasteiger charge is 2.22. The van der Waals surface area contributed by atoms with E-state index in [0.717, 1.165) is 11.3 Å². The van der Waals surface area contributed by atoms with E-state index in [9.17, 15) is 5.11 Å². The van der Waals surface area contributed by atoms with Crippen molar-refractivity contribution in [3.05, 3.63) is 53.5 Å². The van der Waals surface area contributed by atoms with Gasteiger partial charge in [-0.2, -0.15) is 0 Å². The molecule has 0 saturated carbocycles. The second-order valence-corrected chi connectivity index (χ2v) is 4.61. The number of aryl methyl sites for hydroxylation is 1. The van der Waals surface area contributed by atoms with E-state index in [4.69, 9.17) is 14.9 Å². The monoisotopic (exact) mass is 261 g/mol. The minimum Gasteiger partial charge on any atom is -0.480 e. The highest BCUT2D eigenvalue weighted by atomic mass is 16.5. The Morgan fingerprint density at radius 3 is 2.58 bits per heavy atom. The quantitative estimate of drug-likeness (QED) is 0.868. The Hall–Kier alpha value is -1.78. The number of nitrogens with two attached hydrogens (primary N) is 1. The molecule has 2 aromatic rings. The lowest BCUT2D eigenvalue weighted by Crippen LogP contribution is -2.29. The Labute approximate surface area is 112 Å². The van der Waals surface area contributed by atoms with Gasteiger partial charge in [0.05, 0.1) is 6.61 Å². The third-order valence-corrected chi connectivity index (χ3v) is 2.92. The van der Waals surface area contributed by atoms with Crippen LogP contribution in [0.25, 0.3) is 0 Å². The molecule has 1 aromatic heterocycles. The highest BCUT2D eigenvalue weighted by molar-refractivity contribution is 5.33. The van der Waals surface area contributed by atoms with Crippen molar-refractivity contribution in [2.24, 2.45) is 5.73 Å². The van der Waals surface area contributed by atoms with Gasteiger partial charge in [-0.1, -0.05) is 18.2 Å². The van der Waals surface area contributed by atoms with E-state index >= 15 is 0 Å². The Kier molecular flexibility index (Phi) is 4.24. The second kappa shape index (κ2) is 5.91. The van der Waals surface area contributed by atoms with Crippen molar-refractivity contribution in [3.63, 3.8) is 0 Å². The maximum Gasteiger partial charge on any atom is 0.171 e. The number of benzene rings is 1. The van der Waals surface area contributed by atoms with Crippen LogP contribution in [0.5, 0.6) is 5.75 Å². The first-order chi connectivity index (χ1) is 9.11. The van der Waals surface area contributed by atoms with Gasteiger partial charge in [0.1, 0.15) is 17.3 Å². The summed E-state index contributed by atoms with van der Waals surface area (Å²) in [6, 6.07) is 10.9. The third kappa shape index (κ3) is 3.16. The Balaban J connectivity index is 2.26. The predicted molar refractivity (Wildman–Crippen MR) is 72.8 cm³/mol. The standard InChI is InChI=1S/C15H19NO3/c1-10-7-8-14(18-10)15(11(2)16)19-13-6-4-3-5-12(13)9-17/h3-8,11,15,17H,9,16H2,1-2H3. The van der Waals surface area contributed by atoms with Crippen LogP contribution in [0, 0.1) is 6.92 Å². The van der Waals surface area contributed by atoms with Crippen LogP contribution >= 0.6 is 0 Å². The molecule has 1 heterocycles. The first-order valence-corrected chi connectivity index (χ1v) is 6.29. The Morgan fingerprint density at radius 1 is 1.26 bits per heavy atom. The predicted octanol–water partition coefficient (Wildman–Crippen LogP) is 2.55. The summed E-state index contributed by atoms with van der Waals surface area (Å²) in [7, 11) is 0. The summed E-state index contributed by atoms with van der Waals surface area (Å²) in [6.45, 7) is 3.67. The Bertz CT molecular complexity index is 534. The molecular weight excluding hydrogens is 242 g/mol. The number of hydrogen-bond donors (Lipinski definition) is 2. The van der Waals surface area contributed by atoms with Gasteiger partial charge in [-0.3, -0.25) is 0 Å². The van der Waals surface area contributed by atoms with Gasteiger partial charge in [0.15, 0.2) is 6.10 Å². The molecule has 4 nitrogen and oxygen atoms in total. The number of rotatable bonds is 5. The molecule has 2 rings (SSSR count). The lowest BCUT2D eigenvalue weighted by Gasteiger charge is -2.22.